The minimum Gasteiger partial charge on any atom is -0.469 e. The number of nitro benzene ring substituents is 1. The van der Waals surface area contributed by atoms with E-state index in [-0.39, 0.29) is 22.8 Å². The molecule has 0 spiro atoms. The lowest BCUT2D eigenvalue weighted by molar-refractivity contribution is -0.384. The summed E-state index contributed by atoms with van der Waals surface area (Å²) in [7, 11) is 0. The molecule has 1 heterocycles. The molecule has 2 amide bonds. The SMILES string of the molecule is C/C(CC(=O)Nc1ccc(Cl)c([N+](=O)[O-])c1)=N\NC(=O)c1ccoc1C. The van der Waals surface area contributed by atoms with Crippen LogP contribution in [0.1, 0.15) is 29.5 Å². The van der Waals surface area contributed by atoms with Crippen molar-refractivity contribution in [3.8, 4) is 0 Å². The standard InChI is InChI=1S/C16H15ClN4O5/c1-9(19-20-16(23)12-5-6-26-10(12)2)7-15(22)18-11-3-4-13(17)14(8-11)21(24)25/h3-6,8H,7H2,1-2H3,(H,18,22)(H,20,23)/b19-9+. The van der Waals surface area contributed by atoms with Crippen LogP contribution in [0.2, 0.25) is 5.02 Å². The number of hydrazone groups is 1. The fraction of sp³-hybridized carbons (Fsp3) is 0.188. The van der Waals surface area contributed by atoms with E-state index in [4.69, 9.17) is 16.0 Å². The number of anilines is 1. The fourth-order valence-corrected chi connectivity index (χ4v) is 2.22. The number of nitrogens with one attached hydrogen (secondary N) is 2. The molecule has 0 saturated heterocycles. The van der Waals surface area contributed by atoms with Gasteiger partial charge in [-0.2, -0.15) is 5.10 Å². The molecule has 9 nitrogen and oxygen atoms in total. The van der Waals surface area contributed by atoms with E-state index in [0.29, 0.717) is 17.0 Å². The van der Waals surface area contributed by atoms with Gasteiger partial charge in [-0.15, -0.1) is 0 Å². The molecule has 0 aliphatic heterocycles. The fourth-order valence-electron chi connectivity index (χ4n) is 2.03. The summed E-state index contributed by atoms with van der Waals surface area (Å²) in [5.41, 5.74) is 2.95. The molecule has 1 aromatic heterocycles. The zero-order valence-electron chi connectivity index (χ0n) is 13.9. The number of halogens is 1. The first kappa shape index (κ1) is 19.1. The minimum absolute atomic E-state index is 0.0250. The lowest BCUT2D eigenvalue weighted by Crippen LogP contribution is -2.21. The molecule has 26 heavy (non-hydrogen) atoms. The smallest absolute Gasteiger partial charge is 0.289 e. The normalized spacial score (nSPS) is 11.1. The van der Waals surface area contributed by atoms with Crippen molar-refractivity contribution in [2.45, 2.75) is 20.3 Å². The van der Waals surface area contributed by atoms with Crippen LogP contribution in [0.15, 0.2) is 40.0 Å². The highest BCUT2D eigenvalue weighted by Gasteiger charge is 2.15. The van der Waals surface area contributed by atoms with Gasteiger partial charge >= 0.3 is 0 Å². The number of hydrogen-bond donors (Lipinski definition) is 2. The van der Waals surface area contributed by atoms with Crippen molar-refractivity contribution in [2.75, 3.05) is 5.32 Å². The van der Waals surface area contributed by atoms with E-state index < -0.39 is 16.7 Å². The molecule has 0 saturated carbocycles. The van der Waals surface area contributed by atoms with Crippen LogP contribution in [-0.2, 0) is 4.79 Å². The van der Waals surface area contributed by atoms with Crippen LogP contribution in [0.3, 0.4) is 0 Å². The Morgan fingerprint density at radius 2 is 2.08 bits per heavy atom. The van der Waals surface area contributed by atoms with Crippen LogP contribution in [0.25, 0.3) is 0 Å². The molecule has 10 heteroatoms. The van der Waals surface area contributed by atoms with Crippen LogP contribution in [0, 0.1) is 17.0 Å². The third-order valence-corrected chi connectivity index (χ3v) is 3.61. The van der Waals surface area contributed by atoms with Gasteiger partial charge in [0.25, 0.3) is 11.6 Å². The summed E-state index contributed by atoms with van der Waals surface area (Å²) in [5.74, 6) is -0.446. The van der Waals surface area contributed by atoms with Crippen LogP contribution in [0.5, 0.6) is 0 Å². The Bertz CT molecular complexity index is 891. The zero-order chi connectivity index (χ0) is 19.3. The Balaban J connectivity index is 1.95. The van der Waals surface area contributed by atoms with Gasteiger partial charge < -0.3 is 9.73 Å². The number of carbonyl (C=O) groups is 2. The second-order valence-electron chi connectivity index (χ2n) is 5.33. The number of furan rings is 1. The Hall–Kier alpha value is -3.20. The van der Waals surface area contributed by atoms with E-state index >= 15 is 0 Å². The van der Waals surface area contributed by atoms with E-state index in [1.807, 2.05) is 0 Å². The van der Waals surface area contributed by atoms with E-state index in [2.05, 4.69) is 15.8 Å². The van der Waals surface area contributed by atoms with Crippen LogP contribution in [0.4, 0.5) is 11.4 Å². The van der Waals surface area contributed by atoms with E-state index in [1.165, 1.54) is 24.5 Å². The molecule has 0 aliphatic carbocycles. The first-order chi connectivity index (χ1) is 12.3. The van der Waals surface area contributed by atoms with Gasteiger partial charge in [0.1, 0.15) is 10.8 Å². The van der Waals surface area contributed by atoms with Gasteiger partial charge in [0.2, 0.25) is 5.91 Å². The van der Waals surface area contributed by atoms with Crippen molar-refractivity contribution >= 4 is 40.5 Å². The molecule has 0 unspecified atom stereocenters. The molecule has 2 rings (SSSR count). The summed E-state index contributed by atoms with van der Waals surface area (Å²) in [6.07, 6.45) is 1.28. The predicted octanol–water partition coefficient (Wildman–Crippen LogP) is 3.28. The monoisotopic (exact) mass is 378 g/mol. The summed E-state index contributed by atoms with van der Waals surface area (Å²) in [4.78, 5) is 34.1. The highest BCUT2D eigenvalue weighted by atomic mass is 35.5. The Kier molecular flexibility index (Phi) is 6.07. The molecule has 1 aromatic carbocycles. The largest absolute Gasteiger partial charge is 0.469 e. The number of aryl methyl sites for hydroxylation is 1. The Morgan fingerprint density at radius 3 is 2.69 bits per heavy atom. The van der Waals surface area contributed by atoms with E-state index in [0.717, 1.165) is 6.07 Å². The maximum Gasteiger partial charge on any atom is 0.289 e. The van der Waals surface area contributed by atoms with Gasteiger partial charge in [-0.25, -0.2) is 5.43 Å². The van der Waals surface area contributed by atoms with Gasteiger partial charge in [-0.05, 0) is 32.0 Å². The second kappa shape index (κ2) is 8.26. The van der Waals surface area contributed by atoms with Gasteiger partial charge in [-0.3, -0.25) is 19.7 Å². The molecule has 0 radical (unpaired) electrons. The topological polar surface area (TPSA) is 127 Å². The van der Waals surface area contributed by atoms with Gasteiger partial charge in [0, 0.05) is 17.5 Å². The number of amides is 2. The lowest BCUT2D eigenvalue weighted by atomic mass is 10.2. The van der Waals surface area contributed by atoms with Gasteiger partial charge in [0.05, 0.1) is 23.2 Å². The third-order valence-electron chi connectivity index (χ3n) is 3.29. The Morgan fingerprint density at radius 1 is 1.35 bits per heavy atom. The van der Waals surface area contributed by atoms with Crippen molar-refractivity contribution in [3.05, 3.63) is 57.0 Å². The highest BCUT2D eigenvalue weighted by Crippen LogP contribution is 2.27. The number of carbonyl (C=O) groups excluding carboxylic acids is 2. The van der Waals surface area contributed by atoms with E-state index in [1.54, 1.807) is 13.8 Å². The van der Waals surface area contributed by atoms with Crippen molar-refractivity contribution in [1.82, 2.24) is 5.43 Å². The molecular formula is C16H15ClN4O5. The average Bonchev–Trinajstić information content (AvgIpc) is 3.00. The van der Waals surface area contributed by atoms with Crippen molar-refractivity contribution in [1.29, 1.82) is 0 Å². The quantitative estimate of drug-likeness (QED) is 0.453. The van der Waals surface area contributed by atoms with Crippen LogP contribution < -0.4 is 10.7 Å². The van der Waals surface area contributed by atoms with Crippen LogP contribution in [-0.4, -0.2) is 22.4 Å². The molecule has 2 aromatic rings. The second-order valence-corrected chi connectivity index (χ2v) is 5.73. The lowest BCUT2D eigenvalue weighted by Gasteiger charge is -2.06. The molecule has 2 N–H and O–H groups in total. The van der Waals surface area contributed by atoms with Gasteiger partial charge in [0.15, 0.2) is 0 Å². The maximum absolute atomic E-state index is 12.0. The molecule has 0 atom stereocenters. The van der Waals surface area contributed by atoms with Gasteiger partial charge in [-0.1, -0.05) is 11.6 Å². The minimum atomic E-state index is -0.641. The van der Waals surface area contributed by atoms with Crippen molar-refractivity contribution < 1.29 is 18.9 Å². The van der Waals surface area contributed by atoms with Crippen LogP contribution >= 0.6 is 11.6 Å². The molecular weight excluding hydrogens is 364 g/mol. The first-order valence-electron chi connectivity index (χ1n) is 7.39. The van der Waals surface area contributed by atoms with E-state index in [9.17, 15) is 19.7 Å². The summed E-state index contributed by atoms with van der Waals surface area (Å²) in [6, 6.07) is 5.44. The summed E-state index contributed by atoms with van der Waals surface area (Å²) < 4.78 is 5.03. The number of benzene rings is 1. The molecule has 0 aliphatic rings. The summed E-state index contributed by atoms with van der Waals surface area (Å²) in [5, 5.41) is 17.2. The predicted molar refractivity (Wildman–Crippen MR) is 95.4 cm³/mol. The molecule has 0 fully saturated rings. The third kappa shape index (κ3) is 4.90. The maximum atomic E-state index is 12.0. The summed E-state index contributed by atoms with van der Waals surface area (Å²) in [6.45, 7) is 3.20. The Labute approximate surface area is 153 Å². The number of nitrogens with zero attached hydrogens (tertiary/aromatic N) is 2. The number of rotatable bonds is 6. The first-order valence-corrected chi connectivity index (χ1v) is 7.77. The van der Waals surface area contributed by atoms with Crippen molar-refractivity contribution in [2.24, 2.45) is 5.10 Å². The average molecular weight is 379 g/mol. The zero-order valence-corrected chi connectivity index (χ0v) is 14.7. The number of hydrogen-bond acceptors (Lipinski definition) is 6. The molecule has 0 bridgehead atoms. The highest BCUT2D eigenvalue weighted by molar-refractivity contribution is 6.32. The number of nitro groups is 1. The van der Waals surface area contributed by atoms with Crippen molar-refractivity contribution in [3.63, 3.8) is 0 Å². The molecule has 136 valence electrons. The summed E-state index contributed by atoms with van der Waals surface area (Å²) >= 11 is 5.72.